The van der Waals surface area contributed by atoms with Crippen LogP contribution in [0.4, 0.5) is 59.5 Å². The van der Waals surface area contributed by atoms with Crippen LogP contribution >= 0.6 is 0 Å². The highest BCUT2D eigenvalue weighted by Crippen LogP contribution is 2.52. The number of anilines is 3. The first kappa shape index (κ1) is 82.0. The SMILES string of the molecule is C.COC(=O)C1(c2ccc(N)c(F)c2)CC1.COC(=O)C1(c2ccc(NS(C)(=O)=O)c(F)c2)CC1.COC(=O)C1(c2ccc([N+](=O)[O-])c(F)c2)CC1.COC(=O)Cc1ccc([N+](=O)[O-])c(F)c1.COC(=O)Cc1cccc(F)c1.CS(=O)(=O)Nc1ccc(C2(C(=O)O)CC2)cc1F.F.[HH]. The summed E-state index contributed by atoms with van der Waals surface area (Å²) < 4.78 is 151. The van der Waals surface area contributed by atoms with Gasteiger partial charge in [0.05, 0.1) is 109 Å². The minimum Gasteiger partial charge on any atom is -0.481 e. The molecule has 10 rings (SSSR count). The topological polar surface area (TPSA) is 373 Å². The van der Waals surface area contributed by atoms with Crippen LogP contribution in [0, 0.1) is 55.1 Å². The maximum atomic E-state index is 13.8. The number of nitrogens with one attached hydrogen (secondary N) is 2. The van der Waals surface area contributed by atoms with Crippen molar-refractivity contribution in [1.82, 2.24) is 0 Å². The second-order valence-electron chi connectivity index (χ2n) is 22.1. The van der Waals surface area contributed by atoms with Crippen LogP contribution in [0.1, 0.15) is 93.6 Å². The standard InChI is InChI=1S/C12H14FNO4S.C11H12FNO4S.C11H10FNO4.C11H12FNO2.C9H8FNO4.C9H9FO2.CH4.FH.H2/c1-18-11(15)12(5-6-12)8-3-4-10(9(13)7-8)14-19(2,16)17;1-18(16,17)13-9-3-2-7(6-8(9)12)11(4-5-11)10(14)15;1-17-10(14)11(4-5-11)7-2-3-9(13(15)16)8(12)6-7;1-15-10(14)11(4-5-11)7-2-3-9(13)8(12)6-7;1-15-9(12)5-6-2-3-8(11(13)14)7(10)4-6;1-12-9(11)6-7-3-2-4-8(10)5-7;;;/h3-4,7,14H,5-6H2,1-2H3;2-3,6,13H,4-5H2,1H3,(H,14,15);2-3,6H,4-5H2,1H3;2-3,6H,4-5,13H2,1H3;2-4H,5H2,1H3;2-5H,6H2,1H3;1H4;2*1H. The second-order valence-corrected chi connectivity index (χ2v) is 25.6. The number of methoxy groups -OCH3 is 5. The van der Waals surface area contributed by atoms with Gasteiger partial charge in [-0.05, 0) is 145 Å². The first-order valence-electron chi connectivity index (χ1n) is 28.3. The van der Waals surface area contributed by atoms with Crippen LogP contribution < -0.4 is 15.2 Å². The van der Waals surface area contributed by atoms with E-state index in [0.29, 0.717) is 84.7 Å². The smallest absolute Gasteiger partial charge is 0.316 e. The third-order valence-corrected chi connectivity index (χ3v) is 16.5. The average molecular weight is 1430 g/mol. The van der Waals surface area contributed by atoms with E-state index in [1.165, 1.54) is 96.2 Å². The number of nitrogens with zero attached hydrogens (tertiary/aromatic N) is 2. The minimum absolute atomic E-state index is 0. The number of halogens is 7. The molecule has 5 N–H and O–H groups in total. The third kappa shape index (κ3) is 21.6. The fraction of sp³-hybridized carbons (Fsp3) is 0.344. The number of esters is 5. The largest absolute Gasteiger partial charge is 0.481 e. The number of nitrogen functional groups attached to an aromatic ring is 1. The summed E-state index contributed by atoms with van der Waals surface area (Å²) in [5.41, 5.74) is 3.71. The zero-order chi connectivity index (χ0) is 71.9. The molecule has 25 nitrogen and oxygen atoms in total. The van der Waals surface area contributed by atoms with Crippen LogP contribution in [0.5, 0.6) is 0 Å². The Labute approximate surface area is 559 Å². The van der Waals surface area contributed by atoms with Gasteiger partial charge in [0.2, 0.25) is 31.7 Å². The summed E-state index contributed by atoms with van der Waals surface area (Å²) in [6.07, 6.45) is 6.62. The summed E-state index contributed by atoms with van der Waals surface area (Å²) in [6, 6.07) is 25.0. The second kappa shape index (κ2) is 34.1. The van der Waals surface area contributed by atoms with Gasteiger partial charge < -0.3 is 34.5 Å². The van der Waals surface area contributed by atoms with E-state index in [2.05, 4.69) is 18.9 Å². The molecule has 4 aliphatic rings. The highest BCUT2D eigenvalue weighted by molar-refractivity contribution is 7.92. The number of nitrogens with two attached hydrogens (primary N) is 1. The number of sulfonamides is 2. The number of rotatable bonds is 18. The Bertz CT molecular complexity index is 4200. The fourth-order valence-electron chi connectivity index (χ4n) is 9.45. The molecule has 0 saturated heterocycles. The summed E-state index contributed by atoms with van der Waals surface area (Å²) in [6.45, 7) is 0. The van der Waals surface area contributed by atoms with Crippen molar-refractivity contribution in [3.63, 3.8) is 0 Å². The summed E-state index contributed by atoms with van der Waals surface area (Å²) in [5, 5.41) is 29.8. The van der Waals surface area contributed by atoms with Gasteiger partial charge in [-0.1, -0.05) is 49.9 Å². The number of benzene rings is 6. The van der Waals surface area contributed by atoms with E-state index in [1.807, 2.05) is 4.72 Å². The molecule has 0 aromatic heterocycles. The number of nitro benzene ring substituents is 2. The predicted octanol–water partition coefficient (Wildman–Crippen LogP) is 10.3. The van der Waals surface area contributed by atoms with Crippen molar-refractivity contribution in [1.29, 1.82) is 0 Å². The highest BCUT2D eigenvalue weighted by atomic mass is 32.2. The molecule has 6 aromatic rings. The number of carboxylic acids is 1. The number of hydrogen-bond acceptors (Lipinski definition) is 20. The molecule has 4 fully saturated rings. The van der Waals surface area contributed by atoms with E-state index in [9.17, 15) is 92.2 Å². The number of ether oxygens (including phenoxy) is 5. The van der Waals surface area contributed by atoms with Crippen LogP contribution in [0.25, 0.3) is 0 Å². The van der Waals surface area contributed by atoms with Gasteiger partial charge in [0.25, 0.3) is 0 Å². The predicted molar refractivity (Wildman–Crippen MR) is 343 cm³/mol. The molecule has 4 aliphatic carbocycles. The van der Waals surface area contributed by atoms with Crippen LogP contribution in [0.15, 0.2) is 115 Å². The number of carbonyl (C=O) groups excluding carboxylic acids is 5. The molecular weight excluding hydrogens is 1360 g/mol. The lowest BCUT2D eigenvalue weighted by atomic mass is 9.96. The van der Waals surface area contributed by atoms with Crippen LogP contribution in [0.3, 0.4) is 0 Å². The van der Waals surface area contributed by atoms with Crippen molar-refractivity contribution >= 4 is 84.3 Å². The van der Waals surface area contributed by atoms with Crippen molar-refractivity contribution in [3.05, 3.63) is 204 Å². The maximum absolute atomic E-state index is 13.8. The summed E-state index contributed by atoms with van der Waals surface area (Å²) in [4.78, 5) is 86.5. The molecule has 34 heteroatoms. The fourth-order valence-corrected chi connectivity index (χ4v) is 10.6. The van der Waals surface area contributed by atoms with Crippen LogP contribution in [0.2, 0.25) is 0 Å². The Morgan fingerprint density at radius 1 is 0.490 bits per heavy atom. The number of carbonyl (C=O) groups is 6. The molecule has 0 amide bonds. The van der Waals surface area contributed by atoms with Gasteiger partial charge in [-0.3, -0.25) is 63.1 Å². The molecule has 98 heavy (non-hydrogen) atoms. The molecule has 534 valence electrons. The molecule has 0 spiro atoms. The van der Waals surface area contributed by atoms with Crippen LogP contribution in [-0.4, -0.2) is 116 Å². The van der Waals surface area contributed by atoms with E-state index in [1.54, 1.807) is 24.3 Å². The van der Waals surface area contributed by atoms with Crippen molar-refractivity contribution < 1.29 is 117 Å². The first-order valence-corrected chi connectivity index (χ1v) is 32.0. The molecule has 6 aromatic carbocycles. The Kier molecular flexibility index (Phi) is 28.5. The van der Waals surface area contributed by atoms with Crippen molar-refractivity contribution in [2.24, 2.45) is 0 Å². The molecule has 0 atom stereocenters. The van der Waals surface area contributed by atoms with Gasteiger partial charge in [0.1, 0.15) is 23.3 Å². The third-order valence-electron chi connectivity index (χ3n) is 15.3. The molecule has 0 radical (unpaired) electrons. The van der Waals surface area contributed by atoms with Crippen molar-refractivity contribution in [3.8, 4) is 0 Å². The number of aliphatic carboxylic acids is 1. The van der Waals surface area contributed by atoms with Gasteiger partial charge in [-0.25, -0.2) is 34.4 Å². The summed E-state index contributed by atoms with van der Waals surface area (Å²) >= 11 is 0. The monoisotopic (exact) mass is 1430 g/mol. The van der Waals surface area contributed by atoms with E-state index in [4.69, 9.17) is 20.3 Å². The number of nitro groups is 2. The Balaban J connectivity index is 0.000000404. The lowest BCUT2D eigenvalue weighted by Crippen LogP contribution is -2.22. The Hall–Kier alpha value is -10.3. The Morgan fingerprint density at radius 3 is 1.11 bits per heavy atom. The van der Waals surface area contributed by atoms with E-state index in [-0.39, 0.29) is 61.2 Å². The van der Waals surface area contributed by atoms with Gasteiger partial charge in [-0.15, -0.1) is 0 Å². The molecular formula is C64H72F7N5O20S2. The first-order chi connectivity index (χ1) is 44.9. The molecule has 0 heterocycles. The molecule has 0 bridgehead atoms. The lowest BCUT2D eigenvalue weighted by molar-refractivity contribution is -0.387. The molecule has 0 unspecified atom stereocenters. The lowest BCUT2D eigenvalue weighted by Gasteiger charge is -2.14. The number of carboxylic acid groups (broad SMARTS) is 1. The van der Waals surface area contributed by atoms with Gasteiger partial charge in [0.15, 0.2) is 0 Å². The highest BCUT2D eigenvalue weighted by Gasteiger charge is 2.55. The average Bonchev–Trinajstić information content (AvgIpc) is 1.61. The quantitative estimate of drug-likeness (QED) is 0.0155. The van der Waals surface area contributed by atoms with E-state index < -0.39 is 116 Å². The van der Waals surface area contributed by atoms with Gasteiger partial charge >= 0.3 is 47.2 Å². The van der Waals surface area contributed by atoms with Gasteiger partial charge in [0, 0.05) is 13.6 Å². The molecule has 0 aliphatic heterocycles. The Morgan fingerprint density at radius 2 is 0.816 bits per heavy atom. The normalized spacial score (nSPS) is 14.5. The van der Waals surface area contributed by atoms with E-state index >= 15 is 0 Å². The van der Waals surface area contributed by atoms with Gasteiger partial charge in [-0.2, -0.15) is 8.78 Å². The summed E-state index contributed by atoms with van der Waals surface area (Å²) in [5.74, 6) is -7.17. The van der Waals surface area contributed by atoms with E-state index in [0.717, 1.165) is 42.8 Å². The minimum atomic E-state index is -3.56. The van der Waals surface area contributed by atoms with Crippen molar-refractivity contribution in [2.75, 3.05) is 63.2 Å². The van der Waals surface area contributed by atoms with Crippen LogP contribution in [-0.2, 0) is 107 Å². The zero-order valence-electron chi connectivity index (χ0n) is 52.7. The summed E-state index contributed by atoms with van der Waals surface area (Å²) in [7, 11) is -0.669. The van der Waals surface area contributed by atoms with Crippen molar-refractivity contribution in [2.45, 2.75) is 93.3 Å². The molecule has 4 saturated carbocycles. The maximum Gasteiger partial charge on any atom is 0.316 e. The number of hydrogen-bond donors (Lipinski definition) is 4. The zero-order valence-corrected chi connectivity index (χ0v) is 54.3.